The van der Waals surface area contributed by atoms with Gasteiger partial charge in [-0.25, -0.2) is 4.79 Å². The van der Waals surface area contributed by atoms with E-state index >= 15 is 0 Å². The summed E-state index contributed by atoms with van der Waals surface area (Å²) in [4.78, 5) is 23.9. The molecule has 1 N–H and O–H groups in total. The van der Waals surface area contributed by atoms with Crippen molar-refractivity contribution < 1.29 is 28.5 Å². The maximum absolute atomic E-state index is 12.1. The van der Waals surface area contributed by atoms with Gasteiger partial charge in [-0.3, -0.25) is 4.79 Å². The number of nitrogens with one attached hydrogen (secondary N) is 1. The van der Waals surface area contributed by atoms with Gasteiger partial charge in [-0.05, 0) is 42.3 Å². The average Bonchev–Trinajstić information content (AvgIpc) is 2.72. The van der Waals surface area contributed by atoms with Crippen molar-refractivity contribution in [1.29, 1.82) is 0 Å². The van der Waals surface area contributed by atoms with Crippen LogP contribution in [-0.2, 0) is 16.0 Å². The van der Waals surface area contributed by atoms with E-state index in [2.05, 4.69) is 5.32 Å². The lowest BCUT2D eigenvalue weighted by atomic mass is 10.1. The van der Waals surface area contributed by atoms with Crippen LogP contribution in [0, 0.1) is 0 Å². The lowest BCUT2D eigenvalue weighted by Crippen LogP contribution is -2.30. The molecule has 0 radical (unpaired) electrons. The SMILES string of the molecule is COc1ccc(CCNC(=O)COC(=O)c2ccc3c(c2)OCCO3)cc1. The smallest absolute Gasteiger partial charge is 0.338 e. The van der Waals surface area contributed by atoms with Gasteiger partial charge in [0.25, 0.3) is 5.91 Å². The number of hydrogen-bond acceptors (Lipinski definition) is 6. The summed E-state index contributed by atoms with van der Waals surface area (Å²) in [5.74, 6) is 0.939. The normalized spacial score (nSPS) is 12.2. The minimum atomic E-state index is -0.586. The standard InChI is InChI=1S/C20H21NO6/c1-24-16-5-2-14(3-6-16)8-9-21-19(22)13-27-20(23)15-4-7-17-18(12-15)26-11-10-25-17/h2-7,12H,8-11,13H2,1H3,(H,21,22). The maximum atomic E-state index is 12.1. The summed E-state index contributed by atoms with van der Waals surface area (Å²) in [6, 6.07) is 12.4. The highest BCUT2D eigenvalue weighted by molar-refractivity contribution is 5.92. The molecular formula is C20H21NO6. The summed E-state index contributed by atoms with van der Waals surface area (Å²) in [5, 5.41) is 2.72. The third-order valence-corrected chi connectivity index (χ3v) is 4.01. The van der Waals surface area contributed by atoms with Crippen LogP contribution in [0.4, 0.5) is 0 Å². The third kappa shape index (κ3) is 5.13. The van der Waals surface area contributed by atoms with Crippen molar-refractivity contribution in [3.8, 4) is 17.2 Å². The molecule has 1 aliphatic rings. The van der Waals surface area contributed by atoms with Crippen LogP contribution in [0.3, 0.4) is 0 Å². The molecule has 2 aromatic carbocycles. The summed E-state index contributed by atoms with van der Waals surface area (Å²) in [6.45, 7) is 1.03. The van der Waals surface area contributed by atoms with Crippen LogP contribution in [0.5, 0.6) is 17.2 Å². The second kappa shape index (κ2) is 8.93. The fraction of sp³-hybridized carbons (Fsp3) is 0.300. The second-order valence-corrected chi connectivity index (χ2v) is 5.88. The average molecular weight is 371 g/mol. The predicted octanol–water partition coefficient (Wildman–Crippen LogP) is 1.98. The summed E-state index contributed by atoms with van der Waals surface area (Å²) in [5.41, 5.74) is 1.38. The van der Waals surface area contributed by atoms with E-state index in [0.717, 1.165) is 11.3 Å². The van der Waals surface area contributed by atoms with Gasteiger partial charge < -0.3 is 24.3 Å². The fourth-order valence-corrected chi connectivity index (χ4v) is 2.57. The molecule has 1 amide bonds. The number of benzene rings is 2. The number of hydrogen-bond donors (Lipinski definition) is 1. The zero-order valence-electron chi connectivity index (χ0n) is 15.0. The Kier molecular flexibility index (Phi) is 6.14. The molecule has 0 saturated carbocycles. The van der Waals surface area contributed by atoms with Crippen LogP contribution >= 0.6 is 0 Å². The van der Waals surface area contributed by atoms with E-state index in [-0.39, 0.29) is 12.5 Å². The van der Waals surface area contributed by atoms with Gasteiger partial charge >= 0.3 is 5.97 Å². The predicted molar refractivity (Wildman–Crippen MR) is 97.4 cm³/mol. The van der Waals surface area contributed by atoms with E-state index in [9.17, 15) is 9.59 Å². The maximum Gasteiger partial charge on any atom is 0.338 e. The number of carbonyl (C=O) groups excluding carboxylic acids is 2. The number of amides is 1. The Labute approximate surface area is 157 Å². The summed E-state index contributed by atoms with van der Waals surface area (Å²) < 4.78 is 21.0. The van der Waals surface area contributed by atoms with Crippen LogP contribution in [0.2, 0.25) is 0 Å². The monoisotopic (exact) mass is 371 g/mol. The highest BCUT2D eigenvalue weighted by atomic mass is 16.6. The Balaban J connectivity index is 1.41. The summed E-state index contributed by atoms with van der Waals surface area (Å²) in [7, 11) is 1.61. The van der Waals surface area contributed by atoms with Crippen molar-refractivity contribution in [2.45, 2.75) is 6.42 Å². The van der Waals surface area contributed by atoms with Crippen LogP contribution in [0.25, 0.3) is 0 Å². The Morgan fingerprint density at radius 1 is 1.04 bits per heavy atom. The quantitative estimate of drug-likeness (QED) is 0.750. The first kappa shape index (κ1) is 18.6. The second-order valence-electron chi connectivity index (χ2n) is 5.88. The summed E-state index contributed by atoms with van der Waals surface area (Å²) in [6.07, 6.45) is 0.672. The Bertz CT molecular complexity index is 803. The zero-order valence-corrected chi connectivity index (χ0v) is 15.0. The first-order valence-electron chi connectivity index (χ1n) is 8.62. The Morgan fingerprint density at radius 2 is 1.78 bits per heavy atom. The molecule has 0 aliphatic carbocycles. The van der Waals surface area contributed by atoms with Crippen molar-refractivity contribution in [2.75, 3.05) is 33.5 Å². The van der Waals surface area contributed by atoms with E-state index in [4.69, 9.17) is 18.9 Å². The lowest BCUT2D eigenvalue weighted by molar-refractivity contribution is -0.124. The van der Waals surface area contributed by atoms with Gasteiger partial charge in [-0.1, -0.05) is 12.1 Å². The Morgan fingerprint density at radius 3 is 2.52 bits per heavy atom. The number of methoxy groups -OCH3 is 1. The molecule has 0 atom stereocenters. The van der Waals surface area contributed by atoms with E-state index in [1.54, 1.807) is 25.3 Å². The van der Waals surface area contributed by atoms with E-state index in [1.165, 1.54) is 0 Å². The van der Waals surface area contributed by atoms with Gasteiger partial charge in [-0.2, -0.15) is 0 Å². The molecule has 27 heavy (non-hydrogen) atoms. The van der Waals surface area contributed by atoms with Gasteiger partial charge in [0.15, 0.2) is 18.1 Å². The molecule has 0 fully saturated rings. The fourth-order valence-electron chi connectivity index (χ4n) is 2.57. The molecule has 0 unspecified atom stereocenters. The molecule has 0 spiro atoms. The molecule has 2 aromatic rings. The Hall–Kier alpha value is -3.22. The molecule has 1 aliphatic heterocycles. The van der Waals surface area contributed by atoms with Crippen molar-refractivity contribution in [3.63, 3.8) is 0 Å². The number of ether oxygens (including phenoxy) is 4. The minimum Gasteiger partial charge on any atom is -0.497 e. The molecule has 7 heteroatoms. The third-order valence-electron chi connectivity index (χ3n) is 4.01. The van der Waals surface area contributed by atoms with Crippen LogP contribution in [-0.4, -0.2) is 45.4 Å². The number of carbonyl (C=O) groups is 2. The van der Waals surface area contributed by atoms with Crippen LogP contribution in [0.1, 0.15) is 15.9 Å². The van der Waals surface area contributed by atoms with E-state index < -0.39 is 5.97 Å². The summed E-state index contributed by atoms with van der Waals surface area (Å²) >= 11 is 0. The van der Waals surface area contributed by atoms with E-state index in [0.29, 0.717) is 43.2 Å². The topological polar surface area (TPSA) is 83.1 Å². The molecule has 1 heterocycles. The van der Waals surface area contributed by atoms with Crippen LogP contribution in [0.15, 0.2) is 42.5 Å². The molecule has 7 nitrogen and oxygen atoms in total. The van der Waals surface area contributed by atoms with Gasteiger partial charge in [0.2, 0.25) is 0 Å². The number of fused-ring (bicyclic) bond motifs is 1. The van der Waals surface area contributed by atoms with Crippen LogP contribution < -0.4 is 19.5 Å². The zero-order chi connectivity index (χ0) is 19.1. The van der Waals surface area contributed by atoms with Crippen molar-refractivity contribution in [3.05, 3.63) is 53.6 Å². The molecular weight excluding hydrogens is 350 g/mol. The first-order chi connectivity index (χ1) is 13.2. The highest BCUT2D eigenvalue weighted by Crippen LogP contribution is 2.30. The highest BCUT2D eigenvalue weighted by Gasteiger charge is 2.16. The van der Waals surface area contributed by atoms with E-state index in [1.807, 2.05) is 24.3 Å². The molecule has 0 aromatic heterocycles. The van der Waals surface area contributed by atoms with Gasteiger partial charge in [0.05, 0.1) is 12.7 Å². The lowest BCUT2D eigenvalue weighted by Gasteiger charge is -2.18. The first-order valence-corrected chi connectivity index (χ1v) is 8.62. The largest absolute Gasteiger partial charge is 0.497 e. The van der Waals surface area contributed by atoms with Crippen molar-refractivity contribution >= 4 is 11.9 Å². The number of rotatable bonds is 7. The molecule has 3 rings (SSSR count). The van der Waals surface area contributed by atoms with Gasteiger partial charge in [0.1, 0.15) is 19.0 Å². The number of esters is 1. The van der Waals surface area contributed by atoms with Gasteiger partial charge in [0, 0.05) is 6.54 Å². The van der Waals surface area contributed by atoms with Crippen molar-refractivity contribution in [2.24, 2.45) is 0 Å². The minimum absolute atomic E-state index is 0.310. The van der Waals surface area contributed by atoms with Gasteiger partial charge in [-0.15, -0.1) is 0 Å². The van der Waals surface area contributed by atoms with Crippen molar-refractivity contribution in [1.82, 2.24) is 5.32 Å². The molecule has 142 valence electrons. The molecule has 0 saturated heterocycles. The molecule has 0 bridgehead atoms.